The highest BCUT2D eigenvalue weighted by atomic mass is 35.5. The van der Waals surface area contributed by atoms with E-state index in [4.69, 9.17) is 21.1 Å². The SMILES string of the molecule is COCC(C)OC(=O)c1cc(C)nc(Cl)c1. The van der Waals surface area contributed by atoms with Gasteiger partial charge in [0.1, 0.15) is 11.3 Å². The molecule has 0 aliphatic rings. The molecule has 1 aromatic heterocycles. The molecule has 5 heteroatoms. The van der Waals surface area contributed by atoms with Gasteiger partial charge in [0.25, 0.3) is 0 Å². The van der Waals surface area contributed by atoms with Gasteiger partial charge in [0, 0.05) is 12.8 Å². The van der Waals surface area contributed by atoms with Gasteiger partial charge in [0.15, 0.2) is 0 Å². The summed E-state index contributed by atoms with van der Waals surface area (Å²) < 4.78 is 10.0. The minimum atomic E-state index is -0.419. The molecule has 1 rings (SSSR count). The molecule has 88 valence electrons. The molecule has 16 heavy (non-hydrogen) atoms. The fourth-order valence-electron chi connectivity index (χ4n) is 1.27. The summed E-state index contributed by atoms with van der Waals surface area (Å²) in [6.07, 6.45) is -0.287. The summed E-state index contributed by atoms with van der Waals surface area (Å²) in [7, 11) is 1.55. The Kier molecular flexibility index (Phi) is 4.71. The van der Waals surface area contributed by atoms with Crippen molar-refractivity contribution >= 4 is 17.6 Å². The lowest BCUT2D eigenvalue weighted by molar-refractivity contribution is 0.0120. The highest BCUT2D eigenvalue weighted by Gasteiger charge is 2.13. The molecule has 0 spiro atoms. The van der Waals surface area contributed by atoms with Gasteiger partial charge in [-0.2, -0.15) is 0 Å². The molecule has 0 saturated carbocycles. The summed E-state index contributed by atoms with van der Waals surface area (Å²) in [6, 6.07) is 3.12. The quantitative estimate of drug-likeness (QED) is 0.601. The number of carbonyl (C=O) groups is 1. The lowest BCUT2D eigenvalue weighted by atomic mass is 10.2. The Morgan fingerprint density at radius 1 is 1.56 bits per heavy atom. The number of hydrogen-bond acceptors (Lipinski definition) is 4. The van der Waals surface area contributed by atoms with E-state index in [-0.39, 0.29) is 11.3 Å². The number of carbonyl (C=O) groups excluding carboxylic acids is 1. The molecule has 1 unspecified atom stereocenters. The van der Waals surface area contributed by atoms with Crippen LogP contribution in [0.1, 0.15) is 23.0 Å². The number of pyridine rings is 1. The molecule has 1 aromatic rings. The second kappa shape index (κ2) is 5.82. The van der Waals surface area contributed by atoms with Crippen LogP contribution in [-0.2, 0) is 9.47 Å². The highest BCUT2D eigenvalue weighted by Crippen LogP contribution is 2.12. The van der Waals surface area contributed by atoms with Crippen molar-refractivity contribution in [2.45, 2.75) is 20.0 Å². The molecule has 0 aliphatic carbocycles. The number of aromatic nitrogens is 1. The van der Waals surface area contributed by atoms with Gasteiger partial charge in [0.05, 0.1) is 12.2 Å². The van der Waals surface area contributed by atoms with Crippen LogP contribution in [0.5, 0.6) is 0 Å². The van der Waals surface area contributed by atoms with Crippen LogP contribution in [0.15, 0.2) is 12.1 Å². The summed E-state index contributed by atoms with van der Waals surface area (Å²) in [5.41, 5.74) is 1.08. The van der Waals surface area contributed by atoms with Crippen LogP contribution in [0.4, 0.5) is 0 Å². The minimum absolute atomic E-state index is 0.284. The predicted molar refractivity (Wildman–Crippen MR) is 60.7 cm³/mol. The summed E-state index contributed by atoms with van der Waals surface area (Å²) >= 11 is 5.75. The number of halogens is 1. The molecule has 0 saturated heterocycles. The summed E-state index contributed by atoms with van der Waals surface area (Å²) in [6.45, 7) is 3.89. The molecule has 0 aromatic carbocycles. The standard InChI is InChI=1S/C11H14ClNO3/c1-7-4-9(5-10(12)13-7)11(14)16-8(2)6-15-3/h4-5,8H,6H2,1-3H3. The van der Waals surface area contributed by atoms with Crippen molar-refractivity contribution in [1.82, 2.24) is 4.98 Å². The van der Waals surface area contributed by atoms with Crippen LogP contribution < -0.4 is 0 Å². The third kappa shape index (κ3) is 3.79. The second-order valence-corrected chi connectivity index (χ2v) is 3.88. The molecule has 0 radical (unpaired) electrons. The third-order valence-corrected chi connectivity index (χ3v) is 2.06. The Labute approximate surface area is 99.5 Å². The van der Waals surface area contributed by atoms with Crippen molar-refractivity contribution in [3.8, 4) is 0 Å². The van der Waals surface area contributed by atoms with Crippen LogP contribution in [0.25, 0.3) is 0 Å². The van der Waals surface area contributed by atoms with Gasteiger partial charge in [-0.25, -0.2) is 9.78 Å². The molecular formula is C11H14ClNO3. The van der Waals surface area contributed by atoms with Crippen molar-refractivity contribution in [2.24, 2.45) is 0 Å². The first-order valence-corrected chi connectivity index (χ1v) is 5.25. The van der Waals surface area contributed by atoms with Crippen LogP contribution in [0, 0.1) is 6.92 Å². The number of methoxy groups -OCH3 is 1. The minimum Gasteiger partial charge on any atom is -0.457 e. The summed E-state index contributed by atoms with van der Waals surface area (Å²) in [5.74, 6) is -0.419. The van der Waals surface area contributed by atoms with Crippen molar-refractivity contribution in [3.63, 3.8) is 0 Å². The van der Waals surface area contributed by atoms with Crippen LogP contribution in [0.2, 0.25) is 5.15 Å². The Balaban J connectivity index is 2.72. The Bertz CT molecular complexity index is 361. The van der Waals surface area contributed by atoms with Crippen molar-refractivity contribution in [2.75, 3.05) is 13.7 Å². The second-order valence-electron chi connectivity index (χ2n) is 3.49. The molecule has 0 N–H and O–H groups in total. The molecule has 0 amide bonds. The zero-order valence-corrected chi connectivity index (χ0v) is 10.2. The van der Waals surface area contributed by atoms with Gasteiger partial charge in [-0.05, 0) is 26.0 Å². The Hall–Kier alpha value is -1.13. The van der Waals surface area contributed by atoms with Gasteiger partial charge in [-0.3, -0.25) is 0 Å². The molecule has 1 heterocycles. The first kappa shape index (κ1) is 12.9. The van der Waals surface area contributed by atoms with E-state index in [1.807, 2.05) is 0 Å². The number of nitrogens with zero attached hydrogens (tertiary/aromatic N) is 1. The zero-order chi connectivity index (χ0) is 12.1. The Morgan fingerprint density at radius 2 is 2.25 bits per heavy atom. The number of ether oxygens (including phenoxy) is 2. The normalized spacial score (nSPS) is 12.2. The fourth-order valence-corrected chi connectivity index (χ4v) is 1.52. The van der Waals surface area contributed by atoms with E-state index in [0.717, 1.165) is 0 Å². The number of esters is 1. The Morgan fingerprint density at radius 3 is 2.81 bits per heavy atom. The molecule has 4 nitrogen and oxygen atoms in total. The number of hydrogen-bond donors (Lipinski definition) is 0. The number of aryl methyl sites for hydroxylation is 1. The van der Waals surface area contributed by atoms with Crippen LogP contribution in [-0.4, -0.2) is 30.8 Å². The molecule has 0 bridgehead atoms. The van der Waals surface area contributed by atoms with E-state index in [0.29, 0.717) is 17.9 Å². The topological polar surface area (TPSA) is 48.4 Å². The van der Waals surface area contributed by atoms with E-state index in [1.54, 1.807) is 27.0 Å². The maximum atomic E-state index is 11.7. The van der Waals surface area contributed by atoms with Crippen LogP contribution in [0.3, 0.4) is 0 Å². The molecule has 0 aliphatic heterocycles. The average molecular weight is 244 g/mol. The lowest BCUT2D eigenvalue weighted by Gasteiger charge is -2.12. The van der Waals surface area contributed by atoms with Crippen molar-refractivity contribution in [1.29, 1.82) is 0 Å². The largest absolute Gasteiger partial charge is 0.457 e. The first-order valence-electron chi connectivity index (χ1n) is 4.87. The highest BCUT2D eigenvalue weighted by molar-refractivity contribution is 6.29. The molecular weight excluding hydrogens is 230 g/mol. The van der Waals surface area contributed by atoms with E-state index in [1.165, 1.54) is 6.07 Å². The van der Waals surface area contributed by atoms with E-state index in [2.05, 4.69) is 4.98 Å². The molecule has 0 fully saturated rings. The van der Waals surface area contributed by atoms with Gasteiger partial charge in [-0.15, -0.1) is 0 Å². The first-order chi connectivity index (χ1) is 7.52. The van der Waals surface area contributed by atoms with Gasteiger partial charge in [-0.1, -0.05) is 11.6 Å². The molecule has 1 atom stereocenters. The van der Waals surface area contributed by atoms with E-state index in [9.17, 15) is 4.79 Å². The third-order valence-electron chi connectivity index (χ3n) is 1.87. The maximum Gasteiger partial charge on any atom is 0.338 e. The smallest absolute Gasteiger partial charge is 0.338 e. The zero-order valence-electron chi connectivity index (χ0n) is 9.49. The summed E-state index contributed by atoms with van der Waals surface area (Å²) in [5, 5.41) is 0.284. The van der Waals surface area contributed by atoms with Crippen molar-refractivity contribution < 1.29 is 14.3 Å². The van der Waals surface area contributed by atoms with Gasteiger partial charge >= 0.3 is 5.97 Å². The average Bonchev–Trinajstić information content (AvgIpc) is 2.16. The monoisotopic (exact) mass is 243 g/mol. The number of rotatable bonds is 4. The fraction of sp³-hybridized carbons (Fsp3) is 0.455. The van der Waals surface area contributed by atoms with Gasteiger partial charge in [0.2, 0.25) is 0 Å². The van der Waals surface area contributed by atoms with E-state index >= 15 is 0 Å². The van der Waals surface area contributed by atoms with E-state index < -0.39 is 5.97 Å². The lowest BCUT2D eigenvalue weighted by Crippen LogP contribution is -2.19. The van der Waals surface area contributed by atoms with Crippen molar-refractivity contribution in [3.05, 3.63) is 28.5 Å². The van der Waals surface area contributed by atoms with Gasteiger partial charge < -0.3 is 9.47 Å². The predicted octanol–water partition coefficient (Wildman–Crippen LogP) is 2.24. The summed E-state index contributed by atoms with van der Waals surface area (Å²) in [4.78, 5) is 15.6. The van der Waals surface area contributed by atoms with Crippen LogP contribution >= 0.6 is 11.6 Å². The maximum absolute atomic E-state index is 11.7.